The maximum absolute atomic E-state index is 13.6. The van der Waals surface area contributed by atoms with Gasteiger partial charge < -0.3 is 15.0 Å². The van der Waals surface area contributed by atoms with Crippen molar-refractivity contribution in [2.24, 2.45) is 0 Å². The number of hydrogen-bond acceptors (Lipinski definition) is 3. The molecule has 106 valence electrons. The van der Waals surface area contributed by atoms with Crippen molar-refractivity contribution in [3.8, 4) is 0 Å². The molecule has 5 nitrogen and oxygen atoms in total. The van der Waals surface area contributed by atoms with Crippen molar-refractivity contribution in [3.05, 3.63) is 48.3 Å². The number of anilines is 1. The van der Waals surface area contributed by atoms with Gasteiger partial charge in [-0.3, -0.25) is 0 Å². The molecule has 0 radical (unpaired) electrons. The van der Waals surface area contributed by atoms with Crippen LogP contribution >= 0.6 is 0 Å². The van der Waals surface area contributed by atoms with E-state index in [1.807, 2.05) is 10.8 Å². The van der Waals surface area contributed by atoms with Crippen LogP contribution in [0.25, 0.3) is 0 Å². The smallest absolute Gasteiger partial charge is 0.335 e. The monoisotopic (exact) mass is 277 g/mol. The molecule has 2 aromatic rings. The maximum Gasteiger partial charge on any atom is 0.335 e. The molecule has 1 aromatic heterocycles. The molecule has 0 unspecified atom stereocenters. The van der Waals surface area contributed by atoms with E-state index in [0.29, 0.717) is 12.2 Å². The van der Waals surface area contributed by atoms with Crippen molar-refractivity contribution in [3.63, 3.8) is 0 Å². The molecule has 2 rings (SSSR count). The van der Waals surface area contributed by atoms with Crippen molar-refractivity contribution in [2.45, 2.75) is 19.4 Å². The van der Waals surface area contributed by atoms with Gasteiger partial charge >= 0.3 is 5.97 Å². The first-order chi connectivity index (χ1) is 9.66. The number of carboxylic acid groups (broad SMARTS) is 1. The zero-order valence-corrected chi connectivity index (χ0v) is 10.9. The van der Waals surface area contributed by atoms with Crippen LogP contribution in [0.2, 0.25) is 0 Å². The van der Waals surface area contributed by atoms with Crippen molar-refractivity contribution >= 4 is 11.7 Å². The predicted molar refractivity (Wildman–Crippen MR) is 73.3 cm³/mol. The number of hydrogen-bond donors (Lipinski definition) is 2. The molecular weight excluding hydrogens is 261 g/mol. The first-order valence-electron chi connectivity index (χ1n) is 6.39. The average Bonchev–Trinajstić information content (AvgIpc) is 2.93. The van der Waals surface area contributed by atoms with E-state index < -0.39 is 11.8 Å². The van der Waals surface area contributed by atoms with Crippen molar-refractivity contribution in [2.75, 3.05) is 11.9 Å². The maximum atomic E-state index is 13.6. The van der Waals surface area contributed by atoms with Crippen LogP contribution in [0, 0.1) is 5.82 Å². The number of carbonyl (C=O) groups is 1. The van der Waals surface area contributed by atoms with Crippen LogP contribution in [0.15, 0.2) is 36.9 Å². The molecule has 20 heavy (non-hydrogen) atoms. The highest BCUT2D eigenvalue weighted by Crippen LogP contribution is 2.15. The Morgan fingerprint density at radius 3 is 2.90 bits per heavy atom. The fraction of sp³-hybridized carbons (Fsp3) is 0.286. The number of unbranched alkanes of at least 4 members (excludes halogenated alkanes) is 1. The summed E-state index contributed by atoms with van der Waals surface area (Å²) in [5.74, 6) is -1.67. The summed E-state index contributed by atoms with van der Waals surface area (Å²) in [4.78, 5) is 14.6. The normalized spacial score (nSPS) is 10.4. The number of aryl methyl sites for hydroxylation is 1. The third-order valence-electron chi connectivity index (χ3n) is 2.93. The molecule has 6 heteroatoms. The minimum atomic E-state index is -1.13. The molecule has 1 heterocycles. The first kappa shape index (κ1) is 14.0. The van der Waals surface area contributed by atoms with E-state index in [2.05, 4.69) is 10.3 Å². The Morgan fingerprint density at radius 1 is 1.40 bits per heavy atom. The number of nitrogens with zero attached hydrogens (tertiary/aromatic N) is 2. The summed E-state index contributed by atoms with van der Waals surface area (Å²) < 4.78 is 15.6. The summed E-state index contributed by atoms with van der Waals surface area (Å²) in [6.07, 6.45) is 7.24. The average molecular weight is 277 g/mol. The SMILES string of the molecule is O=C(O)c1ccc(NCCCCn2ccnc2)c(F)c1. The van der Waals surface area contributed by atoms with Crippen LogP contribution in [-0.4, -0.2) is 27.2 Å². The molecule has 0 saturated heterocycles. The minimum absolute atomic E-state index is 0.0480. The quantitative estimate of drug-likeness (QED) is 0.763. The third-order valence-corrected chi connectivity index (χ3v) is 2.93. The van der Waals surface area contributed by atoms with Gasteiger partial charge in [0, 0.05) is 25.5 Å². The second-order valence-corrected chi connectivity index (χ2v) is 4.43. The second-order valence-electron chi connectivity index (χ2n) is 4.43. The molecule has 0 amide bonds. The van der Waals surface area contributed by atoms with Gasteiger partial charge in [0.2, 0.25) is 0 Å². The first-order valence-corrected chi connectivity index (χ1v) is 6.39. The topological polar surface area (TPSA) is 67.2 Å². The molecule has 1 aromatic carbocycles. The Kier molecular flexibility index (Phi) is 4.70. The van der Waals surface area contributed by atoms with E-state index in [0.717, 1.165) is 25.5 Å². The van der Waals surface area contributed by atoms with E-state index in [1.165, 1.54) is 12.1 Å². The summed E-state index contributed by atoms with van der Waals surface area (Å²) in [5, 5.41) is 11.7. The van der Waals surface area contributed by atoms with Crippen molar-refractivity contribution in [1.82, 2.24) is 9.55 Å². The number of benzene rings is 1. The Morgan fingerprint density at radius 2 is 2.25 bits per heavy atom. The van der Waals surface area contributed by atoms with E-state index >= 15 is 0 Å². The van der Waals surface area contributed by atoms with Gasteiger partial charge in [-0.2, -0.15) is 0 Å². The largest absolute Gasteiger partial charge is 0.478 e. The Bertz CT molecular complexity index is 570. The molecule has 0 aliphatic rings. The van der Waals surface area contributed by atoms with E-state index in [9.17, 15) is 9.18 Å². The van der Waals surface area contributed by atoms with E-state index in [1.54, 1.807) is 12.5 Å². The summed E-state index contributed by atoms with van der Waals surface area (Å²) in [7, 11) is 0. The molecule has 0 aliphatic carbocycles. The summed E-state index contributed by atoms with van der Waals surface area (Å²) in [5.41, 5.74) is 0.283. The number of aromatic nitrogens is 2. The fourth-order valence-corrected chi connectivity index (χ4v) is 1.85. The van der Waals surface area contributed by atoms with Gasteiger partial charge in [0.1, 0.15) is 5.82 Å². The molecular formula is C14H16FN3O2. The van der Waals surface area contributed by atoms with E-state index in [4.69, 9.17) is 5.11 Å². The van der Waals surface area contributed by atoms with Crippen LogP contribution in [0.1, 0.15) is 23.2 Å². The van der Waals surface area contributed by atoms with Gasteiger partial charge in [-0.25, -0.2) is 14.2 Å². The molecule has 0 bridgehead atoms. The Labute approximate surface area is 116 Å². The van der Waals surface area contributed by atoms with Crippen LogP contribution in [-0.2, 0) is 6.54 Å². The second kappa shape index (κ2) is 6.70. The number of halogens is 1. The molecule has 0 atom stereocenters. The molecule has 0 aliphatic heterocycles. The Hall–Kier alpha value is -2.37. The standard InChI is InChI=1S/C14H16FN3O2/c15-12-9-11(14(19)20)3-4-13(12)17-5-1-2-7-18-8-6-16-10-18/h3-4,6,8-10,17H,1-2,5,7H2,(H,19,20). The zero-order valence-electron chi connectivity index (χ0n) is 10.9. The highest BCUT2D eigenvalue weighted by atomic mass is 19.1. The summed E-state index contributed by atoms with van der Waals surface area (Å²) >= 11 is 0. The lowest BCUT2D eigenvalue weighted by Crippen LogP contribution is -2.06. The van der Waals surface area contributed by atoms with Gasteiger partial charge in [-0.1, -0.05) is 0 Å². The van der Waals surface area contributed by atoms with Crippen LogP contribution < -0.4 is 5.32 Å². The zero-order chi connectivity index (χ0) is 14.4. The molecule has 0 spiro atoms. The fourth-order valence-electron chi connectivity index (χ4n) is 1.85. The van der Waals surface area contributed by atoms with Gasteiger partial charge in [0.15, 0.2) is 0 Å². The van der Waals surface area contributed by atoms with Gasteiger partial charge in [-0.05, 0) is 31.0 Å². The summed E-state index contributed by atoms with van der Waals surface area (Å²) in [6.45, 7) is 1.51. The Balaban J connectivity index is 1.75. The van der Waals surface area contributed by atoms with Gasteiger partial charge in [0.25, 0.3) is 0 Å². The number of imidazole rings is 1. The number of aromatic carboxylic acids is 1. The predicted octanol–water partition coefficient (Wildman–Crippen LogP) is 2.61. The van der Waals surface area contributed by atoms with Gasteiger partial charge in [-0.15, -0.1) is 0 Å². The van der Waals surface area contributed by atoms with Crippen LogP contribution in [0.3, 0.4) is 0 Å². The lowest BCUT2D eigenvalue weighted by atomic mass is 10.2. The minimum Gasteiger partial charge on any atom is -0.478 e. The lowest BCUT2D eigenvalue weighted by Gasteiger charge is -2.08. The number of rotatable bonds is 7. The number of nitrogens with one attached hydrogen (secondary N) is 1. The molecule has 0 saturated carbocycles. The highest BCUT2D eigenvalue weighted by molar-refractivity contribution is 5.88. The van der Waals surface area contributed by atoms with Crippen LogP contribution in [0.5, 0.6) is 0 Å². The third kappa shape index (κ3) is 3.81. The molecule has 2 N–H and O–H groups in total. The van der Waals surface area contributed by atoms with E-state index in [-0.39, 0.29) is 5.56 Å². The lowest BCUT2D eigenvalue weighted by molar-refractivity contribution is 0.0696. The number of carboxylic acids is 1. The summed E-state index contributed by atoms with van der Waals surface area (Å²) in [6, 6.07) is 3.87. The molecule has 0 fully saturated rings. The van der Waals surface area contributed by atoms with Crippen LogP contribution in [0.4, 0.5) is 10.1 Å². The van der Waals surface area contributed by atoms with Crippen molar-refractivity contribution < 1.29 is 14.3 Å². The van der Waals surface area contributed by atoms with Crippen molar-refractivity contribution in [1.29, 1.82) is 0 Å². The van der Waals surface area contributed by atoms with Gasteiger partial charge in [0.05, 0.1) is 17.6 Å². The highest BCUT2D eigenvalue weighted by Gasteiger charge is 2.07.